The first-order valence-electron chi connectivity index (χ1n) is 7.46. The van der Waals surface area contributed by atoms with Crippen molar-refractivity contribution in [2.75, 3.05) is 38.6 Å². The van der Waals surface area contributed by atoms with E-state index in [1.165, 1.54) is 44.5 Å². The Morgan fingerprint density at radius 3 is 2.74 bits per heavy atom. The highest BCUT2D eigenvalue weighted by molar-refractivity contribution is 5.51. The molecule has 1 aliphatic rings. The number of ether oxygens (including phenoxy) is 1. The molecule has 1 N–H and O–H groups in total. The second-order valence-electron chi connectivity index (χ2n) is 5.21. The van der Waals surface area contributed by atoms with E-state index in [1.54, 1.807) is 7.11 Å². The Labute approximate surface area is 116 Å². The second kappa shape index (κ2) is 7.39. The highest BCUT2D eigenvalue weighted by atomic mass is 16.5. The van der Waals surface area contributed by atoms with E-state index in [9.17, 15) is 0 Å². The van der Waals surface area contributed by atoms with Crippen LogP contribution >= 0.6 is 0 Å². The first kappa shape index (κ1) is 14.2. The van der Waals surface area contributed by atoms with Crippen LogP contribution in [-0.2, 0) is 6.42 Å². The van der Waals surface area contributed by atoms with Crippen LogP contribution in [0.5, 0.6) is 5.75 Å². The Morgan fingerprint density at radius 1 is 1.26 bits per heavy atom. The molecule has 2 rings (SSSR count). The number of benzene rings is 1. The average molecular weight is 262 g/mol. The van der Waals surface area contributed by atoms with Crippen molar-refractivity contribution in [2.24, 2.45) is 0 Å². The molecule has 19 heavy (non-hydrogen) atoms. The van der Waals surface area contributed by atoms with Crippen LogP contribution in [0.25, 0.3) is 0 Å². The van der Waals surface area contributed by atoms with Gasteiger partial charge in [-0.3, -0.25) is 0 Å². The molecule has 1 aromatic carbocycles. The van der Waals surface area contributed by atoms with Gasteiger partial charge in [-0.1, -0.05) is 13.0 Å². The van der Waals surface area contributed by atoms with E-state index in [-0.39, 0.29) is 0 Å². The van der Waals surface area contributed by atoms with Gasteiger partial charge in [-0.15, -0.1) is 0 Å². The molecule has 0 bridgehead atoms. The predicted molar refractivity (Wildman–Crippen MR) is 81.2 cm³/mol. The molecule has 0 amide bonds. The zero-order valence-corrected chi connectivity index (χ0v) is 12.2. The fraction of sp³-hybridized carbons (Fsp3) is 0.625. The summed E-state index contributed by atoms with van der Waals surface area (Å²) >= 11 is 0. The van der Waals surface area contributed by atoms with Crippen LogP contribution in [0.4, 0.5) is 5.69 Å². The SMILES string of the molecule is CCc1ccc(NCCCN2CCCC2)cc1OC. The quantitative estimate of drug-likeness (QED) is 0.764. The first-order chi connectivity index (χ1) is 9.33. The van der Waals surface area contributed by atoms with E-state index in [1.807, 2.05) is 0 Å². The third kappa shape index (κ3) is 4.13. The standard InChI is InChI=1S/C16H26N2O/c1-3-14-7-8-15(13-16(14)19-2)17-9-6-12-18-10-4-5-11-18/h7-8,13,17H,3-6,9-12H2,1-2H3. The highest BCUT2D eigenvalue weighted by Gasteiger charge is 2.10. The molecule has 106 valence electrons. The van der Waals surface area contributed by atoms with Crippen LogP contribution in [0.3, 0.4) is 0 Å². The number of aryl methyl sites for hydroxylation is 1. The summed E-state index contributed by atoms with van der Waals surface area (Å²) < 4.78 is 5.42. The summed E-state index contributed by atoms with van der Waals surface area (Å²) in [6.45, 7) is 6.99. The van der Waals surface area contributed by atoms with Crippen LogP contribution in [0.2, 0.25) is 0 Å². The molecular formula is C16H26N2O. The molecule has 1 aliphatic heterocycles. The molecule has 1 fully saturated rings. The first-order valence-corrected chi connectivity index (χ1v) is 7.46. The van der Waals surface area contributed by atoms with Crippen molar-refractivity contribution in [3.63, 3.8) is 0 Å². The van der Waals surface area contributed by atoms with Crippen molar-refractivity contribution >= 4 is 5.69 Å². The number of anilines is 1. The van der Waals surface area contributed by atoms with E-state index in [0.717, 1.165) is 24.4 Å². The molecule has 0 saturated carbocycles. The maximum Gasteiger partial charge on any atom is 0.124 e. The van der Waals surface area contributed by atoms with Crippen molar-refractivity contribution in [3.8, 4) is 5.75 Å². The van der Waals surface area contributed by atoms with Crippen molar-refractivity contribution in [2.45, 2.75) is 32.6 Å². The topological polar surface area (TPSA) is 24.5 Å². The lowest BCUT2D eigenvalue weighted by Crippen LogP contribution is -2.22. The molecule has 0 aromatic heterocycles. The highest BCUT2D eigenvalue weighted by Crippen LogP contribution is 2.23. The summed E-state index contributed by atoms with van der Waals surface area (Å²) in [4.78, 5) is 2.56. The van der Waals surface area contributed by atoms with Crippen LogP contribution in [-0.4, -0.2) is 38.2 Å². The zero-order valence-electron chi connectivity index (χ0n) is 12.2. The van der Waals surface area contributed by atoms with Crippen LogP contribution < -0.4 is 10.1 Å². The molecule has 1 saturated heterocycles. The molecule has 3 heteroatoms. The van der Waals surface area contributed by atoms with E-state index in [2.05, 4.69) is 35.3 Å². The predicted octanol–water partition coefficient (Wildman–Crippen LogP) is 3.16. The molecule has 0 aliphatic carbocycles. The summed E-state index contributed by atoms with van der Waals surface area (Å²) in [5, 5.41) is 3.49. The lowest BCUT2D eigenvalue weighted by molar-refractivity contribution is 0.337. The normalized spacial score (nSPS) is 15.7. The largest absolute Gasteiger partial charge is 0.496 e. The molecule has 1 aromatic rings. The van der Waals surface area contributed by atoms with Gasteiger partial charge < -0.3 is 15.0 Å². The van der Waals surface area contributed by atoms with Gasteiger partial charge in [0.05, 0.1) is 7.11 Å². The van der Waals surface area contributed by atoms with Crippen molar-refractivity contribution in [3.05, 3.63) is 23.8 Å². The van der Waals surface area contributed by atoms with Gasteiger partial charge in [0.25, 0.3) is 0 Å². The van der Waals surface area contributed by atoms with Gasteiger partial charge in [0.1, 0.15) is 5.75 Å². The molecule has 0 radical (unpaired) electrons. The molecule has 0 spiro atoms. The molecular weight excluding hydrogens is 236 g/mol. The minimum absolute atomic E-state index is 0.993. The molecule has 0 unspecified atom stereocenters. The Hall–Kier alpha value is -1.22. The third-order valence-corrected chi connectivity index (χ3v) is 3.85. The van der Waals surface area contributed by atoms with Crippen molar-refractivity contribution in [1.29, 1.82) is 0 Å². The second-order valence-corrected chi connectivity index (χ2v) is 5.21. The van der Waals surface area contributed by atoms with Crippen LogP contribution in [0.1, 0.15) is 31.7 Å². The molecule has 1 heterocycles. The molecule has 3 nitrogen and oxygen atoms in total. The van der Waals surface area contributed by atoms with Gasteiger partial charge in [0.2, 0.25) is 0 Å². The van der Waals surface area contributed by atoms with E-state index >= 15 is 0 Å². The fourth-order valence-corrected chi connectivity index (χ4v) is 2.69. The number of rotatable bonds is 7. The maximum absolute atomic E-state index is 5.42. The number of hydrogen-bond acceptors (Lipinski definition) is 3. The monoisotopic (exact) mass is 262 g/mol. The Morgan fingerprint density at radius 2 is 2.05 bits per heavy atom. The van der Waals surface area contributed by atoms with E-state index in [0.29, 0.717) is 0 Å². The van der Waals surface area contributed by atoms with Gasteiger partial charge in [-0.25, -0.2) is 0 Å². The Balaban J connectivity index is 1.75. The molecule has 0 atom stereocenters. The van der Waals surface area contributed by atoms with Gasteiger partial charge in [0.15, 0.2) is 0 Å². The van der Waals surface area contributed by atoms with Crippen molar-refractivity contribution in [1.82, 2.24) is 4.90 Å². The average Bonchev–Trinajstić information content (AvgIpc) is 2.96. The summed E-state index contributed by atoms with van der Waals surface area (Å²) in [6.07, 6.45) is 4.97. The Bertz CT molecular complexity index is 386. The van der Waals surface area contributed by atoms with Gasteiger partial charge >= 0.3 is 0 Å². The lowest BCUT2D eigenvalue weighted by Gasteiger charge is -2.15. The number of hydrogen-bond donors (Lipinski definition) is 1. The third-order valence-electron chi connectivity index (χ3n) is 3.85. The summed E-state index contributed by atoms with van der Waals surface area (Å²) in [7, 11) is 1.74. The van der Waals surface area contributed by atoms with Crippen molar-refractivity contribution < 1.29 is 4.74 Å². The van der Waals surface area contributed by atoms with Crippen LogP contribution in [0, 0.1) is 0 Å². The number of nitrogens with one attached hydrogen (secondary N) is 1. The Kier molecular flexibility index (Phi) is 5.52. The van der Waals surface area contributed by atoms with Crippen LogP contribution in [0.15, 0.2) is 18.2 Å². The zero-order chi connectivity index (χ0) is 13.5. The minimum Gasteiger partial charge on any atom is -0.496 e. The maximum atomic E-state index is 5.42. The van der Waals surface area contributed by atoms with Gasteiger partial charge in [-0.2, -0.15) is 0 Å². The summed E-state index contributed by atoms with van der Waals surface area (Å²) in [5.41, 5.74) is 2.43. The fourth-order valence-electron chi connectivity index (χ4n) is 2.69. The summed E-state index contributed by atoms with van der Waals surface area (Å²) in [5.74, 6) is 0.993. The number of methoxy groups -OCH3 is 1. The number of nitrogens with zero attached hydrogens (tertiary/aromatic N) is 1. The number of likely N-dealkylation sites (tertiary alicyclic amines) is 1. The summed E-state index contributed by atoms with van der Waals surface area (Å²) in [6, 6.07) is 6.41. The van der Waals surface area contributed by atoms with E-state index < -0.39 is 0 Å². The van der Waals surface area contributed by atoms with Gasteiger partial charge in [0, 0.05) is 18.3 Å². The minimum atomic E-state index is 0.993. The smallest absolute Gasteiger partial charge is 0.124 e. The van der Waals surface area contributed by atoms with Gasteiger partial charge in [-0.05, 0) is 56.9 Å². The lowest BCUT2D eigenvalue weighted by atomic mass is 10.1. The van der Waals surface area contributed by atoms with E-state index in [4.69, 9.17) is 4.74 Å².